The monoisotopic (exact) mass is 319 g/mol. The molecule has 0 atom stereocenters. The Morgan fingerprint density at radius 3 is 2.00 bits per heavy atom. The molecular weight excluding hydrogens is 298 g/mol. The van der Waals surface area contributed by atoms with Crippen LogP contribution in [0.2, 0.25) is 0 Å². The largest absolute Gasteiger partial charge is 0.545 e. The van der Waals surface area contributed by atoms with Crippen LogP contribution in [-0.2, 0) is 10.0 Å². The Kier molecular flexibility index (Phi) is 4.50. The van der Waals surface area contributed by atoms with E-state index in [1.54, 1.807) is 0 Å². The van der Waals surface area contributed by atoms with Crippen molar-refractivity contribution < 1.29 is 24.6 Å². The second-order valence-corrected chi connectivity index (χ2v) is 7.26. The number of hydrogen-bond donors (Lipinski definition) is 0. The Bertz CT molecular complexity index is 588. The zero-order valence-electron chi connectivity index (χ0n) is 13.8. The third-order valence-electron chi connectivity index (χ3n) is 4.23. The topological polar surface area (TPSA) is 89.6 Å². The predicted octanol–water partition coefficient (Wildman–Crippen LogP) is 1.57. The highest BCUT2D eigenvalue weighted by Crippen LogP contribution is 2.40. The Morgan fingerprint density at radius 2 is 1.57 bits per heavy atom. The Balaban J connectivity index is 2.10. The van der Waals surface area contributed by atoms with Crippen molar-refractivity contribution in [1.82, 2.24) is 5.06 Å². The minimum absolute atomic E-state index is 0.0201. The quantitative estimate of drug-likeness (QED) is 0.623. The average Bonchev–Trinajstić information content (AvgIpc) is 2.44. The molecule has 0 saturated carbocycles. The number of rotatable bonds is 3. The number of carboxylic acids is 1. The second-order valence-electron chi connectivity index (χ2n) is 7.26. The van der Waals surface area contributed by atoms with Crippen molar-refractivity contribution in [3.8, 4) is 5.75 Å². The zero-order chi connectivity index (χ0) is 17.4. The molecule has 1 fully saturated rings. The van der Waals surface area contributed by atoms with Gasteiger partial charge in [-0.2, -0.15) is 0 Å². The molecular formula is C17H21NO5-. The maximum Gasteiger partial charge on any atom is 0.314 e. The summed E-state index contributed by atoms with van der Waals surface area (Å²) >= 11 is 0. The van der Waals surface area contributed by atoms with E-state index in [2.05, 4.69) is 0 Å². The summed E-state index contributed by atoms with van der Waals surface area (Å²) in [7, 11) is 0. The number of hydrogen-bond acceptors (Lipinski definition) is 5. The summed E-state index contributed by atoms with van der Waals surface area (Å²) < 4.78 is 5.34. The van der Waals surface area contributed by atoms with E-state index < -0.39 is 23.0 Å². The first kappa shape index (κ1) is 17.4. The Hall–Kier alpha value is -1.92. The van der Waals surface area contributed by atoms with Gasteiger partial charge >= 0.3 is 5.97 Å². The molecule has 1 aromatic carbocycles. The highest BCUT2D eigenvalue weighted by Gasteiger charge is 2.48. The number of hydroxylamine groups is 2. The van der Waals surface area contributed by atoms with E-state index in [1.165, 1.54) is 24.3 Å². The molecule has 1 aromatic rings. The normalized spacial score (nSPS) is 20.9. The summed E-state index contributed by atoms with van der Waals surface area (Å²) in [5.41, 5.74) is -1.28. The minimum Gasteiger partial charge on any atom is -0.545 e. The lowest BCUT2D eigenvalue weighted by Crippen LogP contribution is -2.59. The fourth-order valence-electron chi connectivity index (χ4n) is 3.29. The first-order chi connectivity index (χ1) is 10.5. The summed E-state index contributed by atoms with van der Waals surface area (Å²) in [6.45, 7) is 7.26. The Morgan fingerprint density at radius 1 is 1.09 bits per heavy atom. The van der Waals surface area contributed by atoms with Gasteiger partial charge < -0.3 is 14.6 Å². The van der Waals surface area contributed by atoms with Crippen LogP contribution in [-0.4, -0.2) is 28.1 Å². The fraction of sp³-hybridized carbons (Fsp3) is 0.529. The maximum absolute atomic E-state index is 12.4. The van der Waals surface area contributed by atoms with E-state index in [0.29, 0.717) is 12.8 Å². The number of carbonyl (C=O) groups is 2. The van der Waals surface area contributed by atoms with Crippen molar-refractivity contribution in [1.29, 1.82) is 0 Å². The number of esters is 1. The minimum atomic E-state index is -1.28. The molecule has 1 radical (unpaired) electrons. The number of ether oxygens (including phenoxy) is 1. The van der Waals surface area contributed by atoms with Crippen LogP contribution in [0.4, 0.5) is 0 Å². The summed E-state index contributed by atoms with van der Waals surface area (Å²) in [5, 5.41) is 24.1. The van der Waals surface area contributed by atoms with Gasteiger partial charge in [-0.1, -0.05) is 0 Å². The van der Waals surface area contributed by atoms with Crippen LogP contribution in [0.25, 0.3) is 0 Å². The lowest BCUT2D eigenvalue weighted by Gasteiger charge is -2.49. The third kappa shape index (κ3) is 3.71. The van der Waals surface area contributed by atoms with Gasteiger partial charge in [0.15, 0.2) is 0 Å². The van der Waals surface area contributed by atoms with Gasteiger partial charge in [0.25, 0.3) is 0 Å². The van der Waals surface area contributed by atoms with Gasteiger partial charge in [-0.25, -0.2) is 0 Å². The standard InChI is InChI=1S/C17H22NO5/c1-16(2)9-12(10-17(3,4)18(16)22)15(21)23-13-7-5-11(6-8-13)14(19)20/h5-8,12H,9-10H2,1-4H3,(H,19,20)/p-1. The predicted molar refractivity (Wildman–Crippen MR) is 79.8 cm³/mol. The second kappa shape index (κ2) is 5.94. The molecule has 0 aromatic heterocycles. The molecule has 0 amide bonds. The molecule has 6 heteroatoms. The molecule has 1 saturated heterocycles. The molecule has 0 N–H and O–H groups in total. The summed E-state index contributed by atoms with van der Waals surface area (Å²) in [4.78, 5) is 23.1. The lowest BCUT2D eigenvalue weighted by molar-refractivity contribution is -0.293. The number of aromatic carboxylic acids is 1. The molecule has 1 aliphatic heterocycles. The number of nitrogens with zero attached hydrogens (tertiary/aromatic N) is 1. The van der Waals surface area contributed by atoms with E-state index >= 15 is 0 Å². The van der Waals surface area contributed by atoms with Crippen LogP contribution in [0.1, 0.15) is 50.9 Å². The van der Waals surface area contributed by atoms with Gasteiger partial charge in [0.2, 0.25) is 0 Å². The summed E-state index contributed by atoms with van der Waals surface area (Å²) in [6, 6.07) is 5.49. The summed E-state index contributed by atoms with van der Waals surface area (Å²) in [6.07, 6.45) is 0.825. The number of piperidine rings is 1. The van der Waals surface area contributed by atoms with E-state index in [-0.39, 0.29) is 17.2 Å². The Labute approximate surface area is 135 Å². The molecule has 6 nitrogen and oxygen atoms in total. The highest BCUT2D eigenvalue weighted by molar-refractivity contribution is 5.86. The summed E-state index contributed by atoms with van der Waals surface area (Å²) in [5.74, 6) is -1.79. The zero-order valence-corrected chi connectivity index (χ0v) is 13.8. The molecule has 1 heterocycles. The van der Waals surface area contributed by atoms with Gasteiger partial charge in [-0.3, -0.25) is 4.79 Å². The molecule has 0 unspecified atom stereocenters. The van der Waals surface area contributed by atoms with Crippen molar-refractivity contribution in [3.63, 3.8) is 0 Å². The maximum atomic E-state index is 12.4. The number of carbonyl (C=O) groups excluding carboxylic acids is 2. The lowest BCUT2D eigenvalue weighted by atomic mass is 9.75. The molecule has 1 aliphatic rings. The van der Waals surface area contributed by atoms with Crippen LogP contribution >= 0.6 is 0 Å². The molecule has 2 rings (SSSR count). The first-order valence-electron chi connectivity index (χ1n) is 7.53. The van der Waals surface area contributed by atoms with Crippen molar-refractivity contribution in [3.05, 3.63) is 29.8 Å². The average molecular weight is 319 g/mol. The van der Waals surface area contributed by atoms with E-state index in [4.69, 9.17) is 4.74 Å². The van der Waals surface area contributed by atoms with Gasteiger partial charge in [-0.15, -0.1) is 10.3 Å². The highest BCUT2D eigenvalue weighted by atomic mass is 16.5. The fourth-order valence-corrected chi connectivity index (χ4v) is 3.29. The smallest absolute Gasteiger partial charge is 0.314 e. The van der Waals surface area contributed by atoms with Gasteiger partial charge in [0, 0.05) is 11.1 Å². The molecule has 23 heavy (non-hydrogen) atoms. The third-order valence-corrected chi connectivity index (χ3v) is 4.23. The molecule has 125 valence electrons. The molecule has 0 spiro atoms. The van der Waals surface area contributed by atoms with Crippen molar-refractivity contribution in [2.24, 2.45) is 5.92 Å². The van der Waals surface area contributed by atoms with Gasteiger partial charge in [0.1, 0.15) is 5.75 Å². The van der Waals surface area contributed by atoms with E-state index in [9.17, 15) is 19.9 Å². The van der Waals surface area contributed by atoms with Gasteiger partial charge in [-0.05, 0) is 70.4 Å². The SMILES string of the molecule is CC1(C)CC(C(=O)Oc2ccc(C(=O)[O-])cc2)CC(C)(C)N1[O]. The number of benzene rings is 1. The van der Waals surface area contributed by atoms with Gasteiger partial charge in [0.05, 0.1) is 11.9 Å². The first-order valence-corrected chi connectivity index (χ1v) is 7.53. The van der Waals surface area contributed by atoms with Crippen molar-refractivity contribution in [2.75, 3.05) is 0 Å². The van der Waals surface area contributed by atoms with E-state index in [0.717, 1.165) is 5.06 Å². The van der Waals surface area contributed by atoms with Crippen LogP contribution < -0.4 is 9.84 Å². The van der Waals surface area contributed by atoms with Crippen LogP contribution in [0.15, 0.2) is 24.3 Å². The van der Waals surface area contributed by atoms with Crippen LogP contribution in [0, 0.1) is 5.92 Å². The molecule has 0 bridgehead atoms. The van der Waals surface area contributed by atoms with Crippen molar-refractivity contribution in [2.45, 2.75) is 51.6 Å². The van der Waals surface area contributed by atoms with Crippen molar-refractivity contribution >= 4 is 11.9 Å². The van der Waals surface area contributed by atoms with Crippen LogP contribution in [0.3, 0.4) is 0 Å². The number of carboxylic acid groups (broad SMARTS) is 1. The van der Waals surface area contributed by atoms with E-state index in [1.807, 2.05) is 27.7 Å². The molecule has 0 aliphatic carbocycles. The van der Waals surface area contributed by atoms with Crippen LogP contribution in [0.5, 0.6) is 5.75 Å².